The summed E-state index contributed by atoms with van der Waals surface area (Å²) in [6, 6.07) is 23.7. The summed E-state index contributed by atoms with van der Waals surface area (Å²) in [4.78, 5) is 0. The highest BCUT2D eigenvalue weighted by Gasteiger charge is 2.24. The van der Waals surface area contributed by atoms with Crippen LogP contribution in [0.3, 0.4) is 0 Å². The SMILES string of the molecule is CCC[SiH]1CCC(c2ccc(-c3ccccc3F)c(-c3ccc(C#N)c(F)c3)c2)CC1. The lowest BCUT2D eigenvalue weighted by Crippen LogP contribution is -2.20. The van der Waals surface area contributed by atoms with Crippen LogP contribution in [0.15, 0.2) is 60.7 Å². The van der Waals surface area contributed by atoms with Gasteiger partial charge in [0.25, 0.3) is 0 Å². The standard InChI is InChI=1S/C27H27F2NSi/c1-2-13-31-14-11-19(12-15-31)20-9-10-23(24-5-3-4-6-26(24)28)25(16-20)21-7-8-22(18-30)27(29)17-21/h3-10,16-17,19,31H,2,11-15H2,1H3. The summed E-state index contributed by atoms with van der Waals surface area (Å²) in [6.07, 6.45) is 3.74. The summed E-state index contributed by atoms with van der Waals surface area (Å²) in [5.74, 6) is -0.329. The van der Waals surface area contributed by atoms with E-state index in [4.69, 9.17) is 5.26 Å². The largest absolute Gasteiger partial charge is 0.206 e. The van der Waals surface area contributed by atoms with Crippen LogP contribution in [-0.4, -0.2) is 8.80 Å². The van der Waals surface area contributed by atoms with Gasteiger partial charge in [0.15, 0.2) is 0 Å². The highest BCUT2D eigenvalue weighted by molar-refractivity contribution is 6.59. The van der Waals surface area contributed by atoms with Crippen LogP contribution in [0.2, 0.25) is 18.1 Å². The van der Waals surface area contributed by atoms with Gasteiger partial charge in [-0.25, -0.2) is 8.78 Å². The zero-order valence-corrected chi connectivity index (χ0v) is 19.0. The van der Waals surface area contributed by atoms with Crippen molar-refractivity contribution in [2.24, 2.45) is 0 Å². The van der Waals surface area contributed by atoms with Gasteiger partial charge in [0.2, 0.25) is 0 Å². The summed E-state index contributed by atoms with van der Waals surface area (Å²) in [5, 5.41) is 9.09. The molecule has 0 bridgehead atoms. The predicted molar refractivity (Wildman–Crippen MR) is 126 cm³/mol. The molecule has 0 spiro atoms. The Bertz CT molecular complexity index is 1110. The Morgan fingerprint density at radius 1 is 0.903 bits per heavy atom. The van der Waals surface area contributed by atoms with E-state index in [1.165, 1.54) is 61.2 Å². The van der Waals surface area contributed by atoms with Crippen LogP contribution in [0.4, 0.5) is 8.78 Å². The van der Waals surface area contributed by atoms with E-state index in [1.54, 1.807) is 18.2 Å². The van der Waals surface area contributed by atoms with Gasteiger partial charge in [0.1, 0.15) is 17.7 Å². The van der Waals surface area contributed by atoms with Gasteiger partial charge < -0.3 is 0 Å². The zero-order chi connectivity index (χ0) is 21.8. The van der Waals surface area contributed by atoms with Crippen molar-refractivity contribution < 1.29 is 8.78 Å². The van der Waals surface area contributed by atoms with E-state index in [1.807, 2.05) is 18.2 Å². The average molecular weight is 432 g/mol. The Balaban J connectivity index is 1.76. The summed E-state index contributed by atoms with van der Waals surface area (Å²) >= 11 is 0. The van der Waals surface area contributed by atoms with E-state index in [0.29, 0.717) is 17.0 Å². The van der Waals surface area contributed by atoms with E-state index in [0.717, 1.165) is 11.1 Å². The molecule has 1 aliphatic rings. The van der Waals surface area contributed by atoms with Gasteiger partial charge in [-0.3, -0.25) is 0 Å². The van der Waals surface area contributed by atoms with Gasteiger partial charge in [0, 0.05) is 14.4 Å². The highest BCUT2D eigenvalue weighted by atomic mass is 28.3. The zero-order valence-electron chi connectivity index (χ0n) is 17.9. The van der Waals surface area contributed by atoms with E-state index < -0.39 is 14.6 Å². The second-order valence-electron chi connectivity index (χ2n) is 8.60. The van der Waals surface area contributed by atoms with Crippen molar-refractivity contribution in [3.8, 4) is 28.3 Å². The molecular formula is C27H27F2NSi. The number of hydrogen-bond donors (Lipinski definition) is 0. The molecule has 1 fully saturated rings. The maximum Gasteiger partial charge on any atom is 0.141 e. The van der Waals surface area contributed by atoms with E-state index in [-0.39, 0.29) is 11.4 Å². The molecule has 1 heterocycles. The monoisotopic (exact) mass is 431 g/mol. The van der Waals surface area contributed by atoms with Crippen molar-refractivity contribution in [2.75, 3.05) is 0 Å². The molecule has 1 nitrogen and oxygen atoms in total. The first kappa shape index (κ1) is 21.5. The number of nitrogens with zero attached hydrogens (tertiary/aromatic N) is 1. The van der Waals surface area contributed by atoms with Gasteiger partial charge in [-0.1, -0.05) is 73.9 Å². The third kappa shape index (κ3) is 4.62. The van der Waals surface area contributed by atoms with Gasteiger partial charge in [-0.15, -0.1) is 0 Å². The van der Waals surface area contributed by atoms with Crippen molar-refractivity contribution in [1.82, 2.24) is 0 Å². The number of halogens is 2. The minimum atomic E-state index is -0.572. The molecule has 0 saturated carbocycles. The predicted octanol–water partition coefficient (Wildman–Crippen LogP) is 7.68. The van der Waals surface area contributed by atoms with Crippen LogP contribution >= 0.6 is 0 Å². The summed E-state index contributed by atoms with van der Waals surface area (Å²) in [6.45, 7) is 2.28. The Hall–Kier alpha value is -2.77. The molecule has 0 N–H and O–H groups in total. The van der Waals surface area contributed by atoms with Gasteiger partial charge in [0.05, 0.1) is 5.56 Å². The fourth-order valence-corrected chi connectivity index (χ4v) is 8.37. The fraction of sp³-hybridized carbons (Fsp3) is 0.296. The molecule has 0 radical (unpaired) electrons. The quantitative estimate of drug-likeness (QED) is 0.380. The molecule has 3 aromatic rings. The number of benzene rings is 3. The van der Waals surface area contributed by atoms with Crippen LogP contribution in [0, 0.1) is 23.0 Å². The first-order valence-electron chi connectivity index (χ1n) is 11.2. The smallest absolute Gasteiger partial charge is 0.141 e. The van der Waals surface area contributed by atoms with Crippen LogP contribution in [0.25, 0.3) is 22.3 Å². The molecule has 0 unspecified atom stereocenters. The molecule has 0 amide bonds. The second-order valence-corrected chi connectivity index (χ2v) is 12.1. The van der Waals surface area contributed by atoms with Crippen LogP contribution in [0.5, 0.6) is 0 Å². The molecule has 4 rings (SSSR count). The fourth-order valence-electron chi connectivity index (χ4n) is 4.94. The molecule has 31 heavy (non-hydrogen) atoms. The lowest BCUT2D eigenvalue weighted by Gasteiger charge is -2.28. The van der Waals surface area contributed by atoms with Crippen molar-refractivity contribution in [1.29, 1.82) is 5.26 Å². The first-order valence-corrected chi connectivity index (χ1v) is 13.6. The van der Waals surface area contributed by atoms with Crippen LogP contribution < -0.4 is 0 Å². The van der Waals surface area contributed by atoms with E-state index in [9.17, 15) is 8.78 Å². The number of rotatable bonds is 5. The van der Waals surface area contributed by atoms with Gasteiger partial charge in [-0.05, 0) is 59.2 Å². The average Bonchev–Trinajstić information content (AvgIpc) is 2.80. The molecule has 3 aromatic carbocycles. The summed E-state index contributed by atoms with van der Waals surface area (Å²) < 4.78 is 29.1. The maximum absolute atomic E-state index is 14.6. The maximum atomic E-state index is 14.6. The third-order valence-corrected chi connectivity index (χ3v) is 10.3. The van der Waals surface area contributed by atoms with Crippen molar-refractivity contribution in [3.63, 3.8) is 0 Å². The van der Waals surface area contributed by atoms with E-state index in [2.05, 4.69) is 19.1 Å². The van der Waals surface area contributed by atoms with E-state index >= 15 is 0 Å². The van der Waals surface area contributed by atoms with Crippen LogP contribution in [0.1, 0.15) is 43.2 Å². The minimum absolute atomic E-state index is 0.0200. The molecule has 1 aliphatic heterocycles. The van der Waals surface area contributed by atoms with Crippen molar-refractivity contribution in [2.45, 2.75) is 50.2 Å². The van der Waals surface area contributed by atoms with Crippen molar-refractivity contribution >= 4 is 8.80 Å². The summed E-state index contributed by atoms with van der Waals surface area (Å²) in [7, 11) is -0.572. The molecular weight excluding hydrogens is 404 g/mol. The van der Waals surface area contributed by atoms with Crippen molar-refractivity contribution in [3.05, 3.63) is 83.4 Å². The van der Waals surface area contributed by atoms with Gasteiger partial charge in [-0.2, -0.15) is 5.26 Å². The number of hydrogen-bond acceptors (Lipinski definition) is 1. The highest BCUT2D eigenvalue weighted by Crippen LogP contribution is 2.40. The molecule has 4 heteroatoms. The molecule has 1 saturated heterocycles. The Morgan fingerprint density at radius 2 is 1.68 bits per heavy atom. The molecule has 0 aromatic heterocycles. The molecule has 0 atom stereocenters. The Labute approximate surface area is 185 Å². The summed E-state index contributed by atoms with van der Waals surface area (Å²) in [5.41, 5.74) is 4.02. The normalized spacial score (nSPS) is 18.5. The lowest BCUT2D eigenvalue weighted by molar-refractivity contribution is 0.606. The minimum Gasteiger partial charge on any atom is -0.206 e. The molecule has 0 aliphatic carbocycles. The lowest BCUT2D eigenvalue weighted by atomic mass is 9.86. The number of nitriles is 1. The first-order chi connectivity index (χ1) is 15.1. The van der Waals surface area contributed by atoms with Crippen LogP contribution in [-0.2, 0) is 0 Å². The molecule has 158 valence electrons. The van der Waals surface area contributed by atoms with Gasteiger partial charge >= 0.3 is 0 Å². The second kappa shape index (κ2) is 9.57. The topological polar surface area (TPSA) is 23.8 Å². The Kier molecular flexibility index (Phi) is 6.63. The Morgan fingerprint density at radius 3 is 2.35 bits per heavy atom. The third-order valence-electron chi connectivity index (χ3n) is 6.62.